The number of carbonyl (C=O) groups is 2. The van der Waals surface area contributed by atoms with Gasteiger partial charge in [0.2, 0.25) is 0 Å². The number of amides is 1. The summed E-state index contributed by atoms with van der Waals surface area (Å²) in [6.07, 6.45) is 2.19. The van der Waals surface area contributed by atoms with E-state index in [1.807, 2.05) is 31.4 Å². The largest absolute Gasteiger partial charge is 0.483 e. The highest BCUT2D eigenvalue weighted by Gasteiger charge is 2.20. The summed E-state index contributed by atoms with van der Waals surface area (Å²) in [4.78, 5) is 36.0. The van der Waals surface area contributed by atoms with Crippen LogP contribution in [0.3, 0.4) is 0 Å². The van der Waals surface area contributed by atoms with Crippen molar-refractivity contribution in [3.8, 4) is 17.1 Å². The second kappa shape index (κ2) is 10.2. The molecule has 0 spiro atoms. The van der Waals surface area contributed by atoms with E-state index in [-0.39, 0.29) is 6.61 Å². The molecule has 0 fully saturated rings. The molecule has 0 bridgehead atoms. The maximum atomic E-state index is 12.4. The van der Waals surface area contributed by atoms with E-state index >= 15 is 0 Å². The molecule has 2 N–H and O–H groups in total. The Kier molecular flexibility index (Phi) is 7.36. The van der Waals surface area contributed by atoms with Crippen molar-refractivity contribution in [3.05, 3.63) is 64.5 Å². The molecule has 1 amide bonds. The molecular weight excluding hydrogens is 418 g/mol. The van der Waals surface area contributed by atoms with Crippen LogP contribution < -0.4 is 15.7 Å². The first-order chi connectivity index (χ1) is 14.9. The number of aliphatic carboxylic acids is 1. The number of rotatable bonds is 9. The molecule has 0 saturated carbocycles. The predicted octanol–water partition coefficient (Wildman–Crippen LogP) is 3.47. The van der Waals surface area contributed by atoms with Crippen molar-refractivity contribution in [1.29, 1.82) is 0 Å². The van der Waals surface area contributed by atoms with E-state index in [4.69, 9.17) is 9.15 Å². The zero-order valence-corrected chi connectivity index (χ0v) is 18.0. The number of ether oxygens (including phenoxy) is 1. The standard InChI is InChI=1S/C23H23NO6S/c1-14-7-8-19(29-13-21(25)24-18(22(26)27)9-10-31-2)17(11-14)20-12-15-5-3-4-6-16(15)23(28)30-20/h3-8,11-12,18H,9-10,13H2,1-2H3,(H,24,25)(H,26,27). The summed E-state index contributed by atoms with van der Waals surface area (Å²) in [6, 6.07) is 13.2. The topological polar surface area (TPSA) is 106 Å². The van der Waals surface area contributed by atoms with E-state index in [9.17, 15) is 19.5 Å². The quantitative estimate of drug-likeness (QED) is 0.524. The van der Waals surface area contributed by atoms with Gasteiger partial charge in [-0.1, -0.05) is 29.8 Å². The van der Waals surface area contributed by atoms with Crippen LogP contribution in [0.5, 0.6) is 5.75 Å². The molecular formula is C23H23NO6S. The molecule has 1 aromatic heterocycles. The summed E-state index contributed by atoms with van der Waals surface area (Å²) in [6.45, 7) is 1.53. The number of carbonyl (C=O) groups excluding carboxylic acids is 1. The third-order valence-electron chi connectivity index (χ3n) is 4.67. The van der Waals surface area contributed by atoms with E-state index in [1.165, 1.54) is 11.8 Å². The van der Waals surface area contributed by atoms with E-state index in [2.05, 4.69) is 5.32 Å². The Hall–Kier alpha value is -3.26. The van der Waals surface area contributed by atoms with Crippen molar-refractivity contribution in [2.45, 2.75) is 19.4 Å². The van der Waals surface area contributed by atoms with Gasteiger partial charge in [0.05, 0.1) is 10.9 Å². The molecule has 1 atom stereocenters. The zero-order chi connectivity index (χ0) is 22.4. The van der Waals surface area contributed by atoms with Gasteiger partial charge in [0.1, 0.15) is 17.6 Å². The van der Waals surface area contributed by atoms with Crippen LogP contribution in [0.25, 0.3) is 22.1 Å². The molecule has 31 heavy (non-hydrogen) atoms. The zero-order valence-electron chi connectivity index (χ0n) is 17.2. The van der Waals surface area contributed by atoms with Crippen LogP contribution in [0.1, 0.15) is 12.0 Å². The number of nitrogens with one attached hydrogen (secondary N) is 1. The number of carboxylic acids is 1. The van der Waals surface area contributed by atoms with Crippen LogP contribution in [0.2, 0.25) is 0 Å². The Labute approximate surface area is 183 Å². The number of carboxylic acid groups (broad SMARTS) is 1. The van der Waals surface area contributed by atoms with Crippen molar-refractivity contribution in [2.24, 2.45) is 0 Å². The molecule has 2 aromatic carbocycles. The molecule has 0 radical (unpaired) electrons. The van der Waals surface area contributed by atoms with Gasteiger partial charge in [0, 0.05) is 0 Å². The minimum absolute atomic E-state index is 0.320. The van der Waals surface area contributed by atoms with Crippen molar-refractivity contribution in [2.75, 3.05) is 18.6 Å². The van der Waals surface area contributed by atoms with E-state index in [1.54, 1.807) is 30.3 Å². The fourth-order valence-corrected chi connectivity index (χ4v) is 3.57. The van der Waals surface area contributed by atoms with E-state index in [0.29, 0.717) is 34.6 Å². The Morgan fingerprint density at radius 3 is 2.71 bits per heavy atom. The van der Waals surface area contributed by atoms with Crippen LogP contribution in [0, 0.1) is 6.92 Å². The molecule has 1 heterocycles. The highest BCUT2D eigenvalue weighted by Crippen LogP contribution is 2.32. The summed E-state index contributed by atoms with van der Waals surface area (Å²) < 4.78 is 11.2. The van der Waals surface area contributed by atoms with Crippen molar-refractivity contribution in [3.63, 3.8) is 0 Å². The lowest BCUT2D eigenvalue weighted by atomic mass is 10.1. The Morgan fingerprint density at radius 2 is 1.97 bits per heavy atom. The van der Waals surface area contributed by atoms with Gasteiger partial charge < -0.3 is 19.6 Å². The van der Waals surface area contributed by atoms with Crippen LogP contribution in [-0.4, -0.2) is 41.6 Å². The number of aryl methyl sites for hydroxylation is 1. The summed E-state index contributed by atoms with van der Waals surface area (Å²) >= 11 is 1.51. The normalized spacial score (nSPS) is 11.8. The number of hydrogen-bond donors (Lipinski definition) is 2. The van der Waals surface area contributed by atoms with Crippen LogP contribution in [0.15, 0.2) is 57.7 Å². The van der Waals surface area contributed by atoms with Crippen molar-refractivity contribution in [1.82, 2.24) is 5.32 Å². The predicted molar refractivity (Wildman–Crippen MR) is 121 cm³/mol. The monoisotopic (exact) mass is 441 g/mol. The summed E-state index contributed by atoms with van der Waals surface area (Å²) in [7, 11) is 0. The lowest BCUT2D eigenvalue weighted by Gasteiger charge is -2.15. The fraction of sp³-hybridized carbons (Fsp3) is 0.261. The van der Waals surface area contributed by atoms with E-state index < -0.39 is 23.5 Å². The van der Waals surface area contributed by atoms with Crippen molar-refractivity contribution >= 4 is 34.4 Å². The maximum absolute atomic E-state index is 12.4. The highest BCUT2D eigenvalue weighted by molar-refractivity contribution is 7.98. The molecule has 0 aliphatic rings. The average molecular weight is 442 g/mol. The molecule has 8 heteroatoms. The third-order valence-corrected chi connectivity index (χ3v) is 5.32. The summed E-state index contributed by atoms with van der Waals surface area (Å²) in [5.41, 5.74) is 0.995. The molecule has 3 aromatic rings. The van der Waals surface area contributed by atoms with Crippen LogP contribution in [0.4, 0.5) is 0 Å². The Bertz CT molecular complexity index is 1160. The lowest BCUT2D eigenvalue weighted by molar-refractivity contribution is -0.142. The van der Waals surface area contributed by atoms with Gasteiger partial charge in [0.25, 0.3) is 5.91 Å². The first-order valence-corrected chi connectivity index (χ1v) is 11.1. The molecule has 162 valence electrons. The lowest BCUT2D eigenvalue weighted by Crippen LogP contribution is -2.43. The van der Waals surface area contributed by atoms with Gasteiger partial charge in [-0.05, 0) is 55.0 Å². The fourth-order valence-electron chi connectivity index (χ4n) is 3.10. The first kappa shape index (κ1) is 22.4. The van der Waals surface area contributed by atoms with Crippen molar-refractivity contribution < 1.29 is 23.8 Å². The SMILES string of the molecule is CSCCC(NC(=O)COc1ccc(C)cc1-c1cc2ccccc2c(=O)o1)C(=O)O. The highest BCUT2D eigenvalue weighted by atomic mass is 32.2. The minimum atomic E-state index is -1.09. The summed E-state index contributed by atoms with van der Waals surface area (Å²) in [5, 5.41) is 12.9. The second-order valence-electron chi connectivity index (χ2n) is 7.01. The number of thioether (sulfide) groups is 1. The number of fused-ring (bicyclic) bond motifs is 1. The molecule has 0 aliphatic heterocycles. The number of benzene rings is 2. The maximum Gasteiger partial charge on any atom is 0.344 e. The molecule has 0 saturated heterocycles. The van der Waals surface area contributed by atoms with Gasteiger partial charge >= 0.3 is 11.6 Å². The second-order valence-corrected chi connectivity index (χ2v) is 8.00. The molecule has 0 aliphatic carbocycles. The Morgan fingerprint density at radius 1 is 1.19 bits per heavy atom. The van der Waals surface area contributed by atoms with Gasteiger partial charge in [0.15, 0.2) is 6.61 Å². The minimum Gasteiger partial charge on any atom is -0.483 e. The number of hydrogen-bond acceptors (Lipinski definition) is 6. The van der Waals surface area contributed by atoms with Gasteiger partial charge in [-0.3, -0.25) is 4.79 Å². The van der Waals surface area contributed by atoms with Gasteiger partial charge in [-0.2, -0.15) is 11.8 Å². The summed E-state index contributed by atoms with van der Waals surface area (Å²) in [5.74, 6) is -0.334. The smallest absolute Gasteiger partial charge is 0.344 e. The van der Waals surface area contributed by atoms with Gasteiger partial charge in [-0.25, -0.2) is 9.59 Å². The first-order valence-electron chi connectivity index (χ1n) is 9.67. The van der Waals surface area contributed by atoms with Crippen LogP contribution >= 0.6 is 11.8 Å². The third kappa shape index (κ3) is 5.67. The van der Waals surface area contributed by atoms with Gasteiger partial charge in [-0.15, -0.1) is 0 Å². The molecule has 3 rings (SSSR count). The molecule has 7 nitrogen and oxygen atoms in total. The Balaban J connectivity index is 1.82. The van der Waals surface area contributed by atoms with Crippen LogP contribution in [-0.2, 0) is 9.59 Å². The van der Waals surface area contributed by atoms with E-state index in [0.717, 1.165) is 10.9 Å². The molecule has 1 unspecified atom stereocenters. The average Bonchev–Trinajstić information content (AvgIpc) is 2.75.